The normalized spacial score (nSPS) is 12.6. The minimum Gasteiger partial charge on any atom is -0.497 e. The van der Waals surface area contributed by atoms with E-state index in [0.29, 0.717) is 33.9 Å². The van der Waals surface area contributed by atoms with Gasteiger partial charge in [0.1, 0.15) is 22.2 Å². The van der Waals surface area contributed by atoms with Crippen LogP contribution in [-0.4, -0.2) is 39.9 Å². The molecule has 37 heavy (non-hydrogen) atoms. The first-order valence-corrected chi connectivity index (χ1v) is 11.6. The summed E-state index contributed by atoms with van der Waals surface area (Å²) in [4.78, 5) is 51.4. The van der Waals surface area contributed by atoms with Gasteiger partial charge in [-0.25, -0.2) is 4.98 Å². The topological polar surface area (TPSA) is 130 Å². The van der Waals surface area contributed by atoms with E-state index < -0.39 is 11.1 Å². The van der Waals surface area contributed by atoms with Gasteiger partial charge in [-0.15, -0.1) is 0 Å². The molecule has 190 valence electrons. The van der Waals surface area contributed by atoms with Crippen LogP contribution in [-0.2, 0) is 5.41 Å². The molecule has 4 aromatic rings. The summed E-state index contributed by atoms with van der Waals surface area (Å²) in [5.74, 6) is 0.670. The second-order valence-corrected chi connectivity index (χ2v) is 9.46. The minimum atomic E-state index is -0.482. The SMILES string of the molecule is COc1ccc(OC)c(C(=O)c2cccc(/C=c3\[nH]c(=O)/c(=C/c4nc[nH]c4C(C)(C)C)[nH]c3=O)c2)c1. The van der Waals surface area contributed by atoms with Gasteiger partial charge in [0.2, 0.25) is 0 Å². The molecule has 0 bridgehead atoms. The summed E-state index contributed by atoms with van der Waals surface area (Å²) >= 11 is 0. The maximum absolute atomic E-state index is 13.2. The molecule has 0 aliphatic carbocycles. The molecular weight excluding hydrogens is 472 g/mol. The summed E-state index contributed by atoms with van der Waals surface area (Å²) in [6.45, 7) is 6.06. The number of benzene rings is 2. The van der Waals surface area contributed by atoms with Gasteiger partial charge in [0.05, 0.1) is 31.8 Å². The molecule has 0 spiro atoms. The molecule has 0 saturated heterocycles. The Labute approximate surface area is 212 Å². The molecule has 0 unspecified atom stereocenters. The molecule has 0 radical (unpaired) electrons. The highest BCUT2D eigenvalue weighted by molar-refractivity contribution is 6.11. The summed E-state index contributed by atoms with van der Waals surface area (Å²) < 4.78 is 10.6. The lowest BCUT2D eigenvalue weighted by atomic mass is 9.90. The van der Waals surface area contributed by atoms with Crippen LogP contribution in [0.1, 0.15) is 53.6 Å². The van der Waals surface area contributed by atoms with Gasteiger partial charge in [0, 0.05) is 16.7 Å². The highest BCUT2D eigenvalue weighted by Crippen LogP contribution is 2.27. The zero-order chi connectivity index (χ0) is 26.7. The maximum atomic E-state index is 13.2. The summed E-state index contributed by atoms with van der Waals surface area (Å²) in [6, 6.07) is 11.7. The van der Waals surface area contributed by atoms with Gasteiger partial charge in [-0.05, 0) is 42.0 Å². The van der Waals surface area contributed by atoms with E-state index in [0.717, 1.165) is 5.69 Å². The highest BCUT2D eigenvalue weighted by Gasteiger charge is 2.19. The molecule has 0 aliphatic heterocycles. The number of nitrogens with one attached hydrogen (secondary N) is 3. The van der Waals surface area contributed by atoms with Crippen molar-refractivity contribution in [3.8, 4) is 11.5 Å². The van der Waals surface area contributed by atoms with E-state index in [1.165, 1.54) is 20.3 Å². The van der Waals surface area contributed by atoms with Crippen LogP contribution >= 0.6 is 0 Å². The van der Waals surface area contributed by atoms with Gasteiger partial charge >= 0.3 is 0 Å². The Balaban J connectivity index is 1.74. The molecular formula is C28H28N4O5. The fourth-order valence-corrected chi connectivity index (χ4v) is 3.93. The first-order chi connectivity index (χ1) is 17.6. The Morgan fingerprint density at radius 2 is 1.62 bits per heavy atom. The minimum absolute atomic E-state index is 0.0591. The third-order valence-electron chi connectivity index (χ3n) is 5.80. The first kappa shape index (κ1) is 25.4. The van der Waals surface area contributed by atoms with Gasteiger partial charge in [0.15, 0.2) is 5.78 Å². The van der Waals surface area contributed by atoms with Gasteiger partial charge < -0.3 is 24.4 Å². The number of ether oxygens (including phenoxy) is 2. The van der Waals surface area contributed by atoms with Crippen LogP contribution < -0.4 is 31.3 Å². The van der Waals surface area contributed by atoms with Gasteiger partial charge in [-0.3, -0.25) is 14.4 Å². The van der Waals surface area contributed by atoms with E-state index in [-0.39, 0.29) is 21.9 Å². The van der Waals surface area contributed by atoms with Crippen molar-refractivity contribution >= 4 is 17.9 Å². The average Bonchev–Trinajstić information content (AvgIpc) is 3.35. The molecule has 0 fully saturated rings. The van der Waals surface area contributed by atoms with Crippen LogP contribution in [0.25, 0.3) is 12.2 Å². The van der Waals surface area contributed by atoms with Crippen molar-refractivity contribution in [2.45, 2.75) is 26.2 Å². The van der Waals surface area contributed by atoms with Crippen LogP contribution in [0.3, 0.4) is 0 Å². The predicted octanol–water partition coefficient (Wildman–Crippen LogP) is 1.99. The number of aromatic amines is 3. The lowest BCUT2D eigenvalue weighted by Crippen LogP contribution is -2.46. The molecule has 0 amide bonds. The monoisotopic (exact) mass is 500 g/mol. The number of carbonyl (C=O) groups excluding carboxylic acids is 1. The molecule has 4 rings (SSSR count). The smallest absolute Gasteiger partial charge is 0.272 e. The average molecular weight is 501 g/mol. The molecule has 0 atom stereocenters. The summed E-state index contributed by atoms with van der Waals surface area (Å²) in [5, 5.41) is 0.151. The van der Waals surface area contributed by atoms with Gasteiger partial charge in [-0.2, -0.15) is 0 Å². The Kier molecular flexibility index (Phi) is 6.97. The predicted molar refractivity (Wildman–Crippen MR) is 141 cm³/mol. The van der Waals surface area contributed by atoms with Crippen LogP contribution in [0.5, 0.6) is 11.5 Å². The number of ketones is 1. The van der Waals surface area contributed by atoms with E-state index in [9.17, 15) is 14.4 Å². The van der Waals surface area contributed by atoms with E-state index in [4.69, 9.17) is 9.47 Å². The fraction of sp³-hybridized carbons (Fsp3) is 0.214. The number of H-pyrrole nitrogens is 3. The molecule has 9 nitrogen and oxygen atoms in total. The Morgan fingerprint density at radius 1 is 0.919 bits per heavy atom. The van der Waals surface area contributed by atoms with Crippen LogP contribution in [0, 0.1) is 0 Å². The quantitative estimate of drug-likeness (QED) is 0.347. The van der Waals surface area contributed by atoms with Crippen molar-refractivity contribution in [3.63, 3.8) is 0 Å². The Bertz CT molecular complexity index is 1700. The lowest BCUT2D eigenvalue weighted by Gasteiger charge is -2.16. The van der Waals surface area contributed by atoms with E-state index >= 15 is 0 Å². The third-order valence-corrected chi connectivity index (χ3v) is 5.80. The van der Waals surface area contributed by atoms with E-state index in [2.05, 4.69) is 19.9 Å². The van der Waals surface area contributed by atoms with Crippen molar-refractivity contribution in [1.29, 1.82) is 0 Å². The summed E-state index contributed by atoms with van der Waals surface area (Å²) in [6.07, 6.45) is 4.61. The first-order valence-electron chi connectivity index (χ1n) is 11.6. The molecule has 0 saturated carbocycles. The highest BCUT2D eigenvalue weighted by atomic mass is 16.5. The fourth-order valence-electron chi connectivity index (χ4n) is 3.93. The van der Waals surface area contributed by atoms with Crippen LogP contribution in [0.15, 0.2) is 58.4 Å². The largest absolute Gasteiger partial charge is 0.497 e. The number of imidazole rings is 1. The van der Waals surface area contributed by atoms with Crippen molar-refractivity contribution in [1.82, 2.24) is 19.9 Å². The summed E-state index contributed by atoms with van der Waals surface area (Å²) in [7, 11) is 3.01. The molecule has 2 heterocycles. The van der Waals surface area contributed by atoms with Crippen molar-refractivity contribution in [3.05, 3.63) is 108 Å². The zero-order valence-electron chi connectivity index (χ0n) is 21.3. The molecule has 2 aromatic carbocycles. The molecule has 0 aliphatic rings. The maximum Gasteiger partial charge on any atom is 0.272 e. The van der Waals surface area contributed by atoms with Crippen LogP contribution in [0.4, 0.5) is 0 Å². The second-order valence-electron chi connectivity index (χ2n) is 9.46. The number of hydrogen-bond donors (Lipinski definition) is 3. The van der Waals surface area contributed by atoms with E-state index in [1.54, 1.807) is 54.9 Å². The third kappa shape index (κ3) is 5.45. The molecule has 3 N–H and O–H groups in total. The number of carbonyl (C=O) groups is 1. The van der Waals surface area contributed by atoms with Crippen molar-refractivity contribution in [2.75, 3.05) is 14.2 Å². The summed E-state index contributed by atoms with van der Waals surface area (Å²) in [5.41, 5.74) is 1.54. The lowest BCUT2D eigenvalue weighted by molar-refractivity contribution is 0.103. The van der Waals surface area contributed by atoms with Gasteiger partial charge in [-0.1, -0.05) is 39.0 Å². The van der Waals surface area contributed by atoms with Crippen molar-refractivity contribution in [2.24, 2.45) is 0 Å². The molecule has 2 aromatic heterocycles. The Hall–Kier alpha value is -4.66. The standard InChI is InChI=1S/C28H28N4O5/c1-28(2,3)25-20(29-15-30-25)14-22-27(35)31-21(26(34)32-22)12-16-7-6-8-17(11-16)24(33)19-13-18(36-4)9-10-23(19)37-5/h6-15H,1-5H3,(H,29,30)(H,31,35)(H,32,34)/b21-12-,22-14-. The second kappa shape index (κ2) is 10.1. The zero-order valence-corrected chi connectivity index (χ0v) is 21.3. The van der Waals surface area contributed by atoms with E-state index in [1.807, 2.05) is 20.8 Å². The Morgan fingerprint density at radius 3 is 2.27 bits per heavy atom. The number of rotatable bonds is 6. The number of methoxy groups -OCH3 is 2. The molecule has 9 heteroatoms. The number of hydrogen-bond acceptors (Lipinski definition) is 6. The van der Waals surface area contributed by atoms with Crippen molar-refractivity contribution < 1.29 is 14.3 Å². The number of nitrogens with zero attached hydrogens (tertiary/aromatic N) is 1. The number of aromatic nitrogens is 4. The van der Waals surface area contributed by atoms with Crippen LogP contribution in [0.2, 0.25) is 0 Å². The van der Waals surface area contributed by atoms with Gasteiger partial charge in [0.25, 0.3) is 11.1 Å².